The van der Waals surface area contributed by atoms with E-state index < -0.39 is 12.1 Å². The molecule has 0 aliphatic heterocycles. The van der Waals surface area contributed by atoms with Crippen LogP contribution in [-0.2, 0) is 17.9 Å². The van der Waals surface area contributed by atoms with Crippen molar-refractivity contribution < 1.29 is 19.4 Å². The molecule has 0 aliphatic carbocycles. The van der Waals surface area contributed by atoms with Crippen molar-refractivity contribution in [1.29, 1.82) is 0 Å². The fourth-order valence-corrected chi connectivity index (χ4v) is 1.88. The van der Waals surface area contributed by atoms with Crippen molar-refractivity contribution >= 4 is 12.1 Å². The summed E-state index contributed by atoms with van der Waals surface area (Å²) in [6, 6.07) is 10.9. The average molecular weight is 303 g/mol. The van der Waals surface area contributed by atoms with Gasteiger partial charge in [0.2, 0.25) is 0 Å². The Morgan fingerprint density at radius 3 is 2.68 bits per heavy atom. The van der Waals surface area contributed by atoms with Gasteiger partial charge in [-0.3, -0.25) is 4.68 Å². The molecular weight excluding hydrogens is 286 g/mol. The van der Waals surface area contributed by atoms with E-state index in [4.69, 9.17) is 9.84 Å². The van der Waals surface area contributed by atoms with E-state index in [1.54, 1.807) is 6.92 Å². The Labute approximate surface area is 127 Å². The highest BCUT2D eigenvalue weighted by Gasteiger charge is 2.10. The highest BCUT2D eigenvalue weighted by molar-refractivity contribution is 5.85. The zero-order valence-corrected chi connectivity index (χ0v) is 12.2. The number of benzene rings is 1. The van der Waals surface area contributed by atoms with Gasteiger partial charge in [0.1, 0.15) is 6.61 Å². The van der Waals surface area contributed by atoms with Crippen molar-refractivity contribution in [2.75, 3.05) is 6.54 Å². The van der Waals surface area contributed by atoms with Crippen LogP contribution in [0.5, 0.6) is 0 Å². The van der Waals surface area contributed by atoms with E-state index in [0.29, 0.717) is 13.1 Å². The number of hydrogen-bond donors (Lipinski definition) is 2. The first-order valence-electron chi connectivity index (χ1n) is 6.78. The number of nitrogens with zero attached hydrogens (tertiary/aromatic N) is 2. The van der Waals surface area contributed by atoms with Gasteiger partial charge >= 0.3 is 12.1 Å². The van der Waals surface area contributed by atoms with Crippen molar-refractivity contribution in [3.63, 3.8) is 0 Å². The molecule has 0 saturated heterocycles. The first kappa shape index (κ1) is 15.6. The standard InChI is InChI=1S/C15H17N3O4/c1-11-9-13(14(19)20)17-18(11)8-7-16-15(21)22-10-12-5-3-2-4-6-12/h2-6,9H,7-8,10H2,1H3,(H,16,21)(H,19,20). The summed E-state index contributed by atoms with van der Waals surface area (Å²) in [6.07, 6.45) is -0.521. The predicted molar refractivity (Wildman–Crippen MR) is 78.6 cm³/mol. The van der Waals surface area contributed by atoms with Crippen molar-refractivity contribution in [3.05, 3.63) is 53.3 Å². The molecule has 7 nitrogen and oxygen atoms in total. The maximum Gasteiger partial charge on any atom is 0.407 e. The second-order valence-electron chi connectivity index (χ2n) is 4.69. The lowest BCUT2D eigenvalue weighted by Gasteiger charge is -2.08. The van der Waals surface area contributed by atoms with Crippen LogP contribution in [0.15, 0.2) is 36.4 Å². The van der Waals surface area contributed by atoms with Crippen LogP contribution in [0, 0.1) is 6.92 Å². The van der Waals surface area contributed by atoms with Crippen LogP contribution < -0.4 is 5.32 Å². The Kier molecular flexibility index (Phi) is 5.13. The SMILES string of the molecule is Cc1cc(C(=O)O)nn1CCNC(=O)OCc1ccccc1. The third-order valence-electron chi connectivity index (χ3n) is 3.01. The largest absolute Gasteiger partial charge is 0.476 e. The third kappa shape index (κ3) is 4.34. The number of hydrogen-bond acceptors (Lipinski definition) is 4. The van der Waals surface area contributed by atoms with E-state index in [9.17, 15) is 9.59 Å². The van der Waals surface area contributed by atoms with E-state index in [1.165, 1.54) is 10.7 Å². The minimum absolute atomic E-state index is 0.0100. The molecule has 116 valence electrons. The normalized spacial score (nSPS) is 10.2. The number of ether oxygens (including phenoxy) is 1. The van der Waals surface area contributed by atoms with Crippen molar-refractivity contribution in [2.45, 2.75) is 20.1 Å². The summed E-state index contributed by atoms with van der Waals surface area (Å²) < 4.78 is 6.59. The Morgan fingerprint density at radius 1 is 1.32 bits per heavy atom. The van der Waals surface area contributed by atoms with Crippen LogP contribution in [0.25, 0.3) is 0 Å². The number of amides is 1. The smallest absolute Gasteiger partial charge is 0.407 e. The first-order valence-corrected chi connectivity index (χ1v) is 6.78. The molecular formula is C15H17N3O4. The molecule has 0 radical (unpaired) electrons. The maximum absolute atomic E-state index is 11.5. The van der Waals surface area contributed by atoms with Crippen LogP contribution in [0.4, 0.5) is 4.79 Å². The number of carboxylic acid groups (broad SMARTS) is 1. The summed E-state index contributed by atoms with van der Waals surface area (Å²) in [5.74, 6) is -1.07. The lowest BCUT2D eigenvalue weighted by Crippen LogP contribution is -2.28. The fraction of sp³-hybridized carbons (Fsp3) is 0.267. The van der Waals surface area contributed by atoms with Gasteiger partial charge in [0.25, 0.3) is 0 Å². The molecule has 7 heteroatoms. The molecule has 2 rings (SSSR count). The zero-order valence-electron chi connectivity index (χ0n) is 12.2. The minimum atomic E-state index is -1.07. The predicted octanol–water partition coefficient (Wildman–Crippen LogP) is 1.82. The van der Waals surface area contributed by atoms with Gasteiger partial charge in [-0.15, -0.1) is 0 Å². The highest BCUT2D eigenvalue weighted by Crippen LogP contribution is 2.03. The third-order valence-corrected chi connectivity index (χ3v) is 3.01. The van der Waals surface area contributed by atoms with Gasteiger partial charge in [0, 0.05) is 12.2 Å². The van der Waals surface area contributed by atoms with Gasteiger partial charge < -0.3 is 15.2 Å². The summed E-state index contributed by atoms with van der Waals surface area (Å²) in [7, 11) is 0. The molecule has 0 saturated carbocycles. The molecule has 1 amide bonds. The lowest BCUT2D eigenvalue weighted by atomic mass is 10.2. The van der Waals surface area contributed by atoms with Gasteiger partial charge in [0.05, 0.1) is 6.54 Å². The summed E-state index contributed by atoms with van der Waals surface area (Å²) >= 11 is 0. The number of rotatable bonds is 6. The number of alkyl carbamates (subject to hydrolysis) is 1. The number of carbonyl (C=O) groups is 2. The fourth-order valence-electron chi connectivity index (χ4n) is 1.88. The molecule has 0 atom stereocenters. The summed E-state index contributed by atoms with van der Waals surface area (Å²) in [6.45, 7) is 2.64. The van der Waals surface area contributed by atoms with Crippen LogP contribution in [0.2, 0.25) is 0 Å². The highest BCUT2D eigenvalue weighted by atomic mass is 16.5. The van der Waals surface area contributed by atoms with Gasteiger partial charge in [-0.25, -0.2) is 9.59 Å². The molecule has 2 aromatic rings. The minimum Gasteiger partial charge on any atom is -0.476 e. The number of nitrogens with one attached hydrogen (secondary N) is 1. The molecule has 0 unspecified atom stereocenters. The van der Waals surface area contributed by atoms with Crippen molar-refractivity contribution in [3.8, 4) is 0 Å². The number of aromatic carboxylic acids is 1. The molecule has 1 heterocycles. The average Bonchev–Trinajstić information content (AvgIpc) is 2.88. The van der Waals surface area contributed by atoms with Crippen LogP contribution in [0.3, 0.4) is 0 Å². The van der Waals surface area contributed by atoms with E-state index in [1.807, 2.05) is 30.3 Å². The monoisotopic (exact) mass is 303 g/mol. The van der Waals surface area contributed by atoms with Crippen LogP contribution in [0.1, 0.15) is 21.7 Å². The quantitative estimate of drug-likeness (QED) is 0.849. The molecule has 0 bridgehead atoms. The van der Waals surface area contributed by atoms with Crippen molar-refractivity contribution in [2.24, 2.45) is 0 Å². The lowest BCUT2D eigenvalue weighted by molar-refractivity contribution is 0.0689. The van der Waals surface area contributed by atoms with E-state index in [0.717, 1.165) is 11.3 Å². The van der Waals surface area contributed by atoms with Gasteiger partial charge in [-0.2, -0.15) is 5.10 Å². The topological polar surface area (TPSA) is 93.5 Å². The molecule has 0 fully saturated rings. The molecule has 1 aromatic carbocycles. The summed E-state index contributed by atoms with van der Waals surface area (Å²) in [5, 5.41) is 15.4. The maximum atomic E-state index is 11.5. The van der Waals surface area contributed by atoms with Crippen LogP contribution >= 0.6 is 0 Å². The van der Waals surface area contributed by atoms with E-state index in [-0.39, 0.29) is 12.3 Å². The zero-order chi connectivity index (χ0) is 15.9. The second-order valence-corrected chi connectivity index (χ2v) is 4.69. The Morgan fingerprint density at radius 2 is 2.05 bits per heavy atom. The number of carbonyl (C=O) groups excluding carboxylic acids is 1. The molecule has 22 heavy (non-hydrogen) atoms. The van der Waals surface area contributed by atoms with E-state index in [2.05, 4.69) is 10.4 Å². The number of aryl methyl sites for hydroxylation is 1. The Hall–Kier alpha value is -2.83. The summed E-state index contributed by atoms with van der Waals surface area (Å²) in [5.41, 5.74) is 1.62. The number of aromatic nitrogens is 2. The summed E-state index contributed by atoms with van der Waals surface area (Å²) in [4.78, 5) is 22.4. The van der Waals surface area contributed by atoms with Gasteiger partial charge in [0.15, 0.2) is 5.69 Å². The first-order chi connectivity index (χ1) is 10.6. The van der Waals surface area contributed by atoms with Gasteiger partial charge in [-0.1, -0.05) is 30.3 Å². The molecule has 1 aromatic heterocycles. The molecule has 0 aliphatic rings. The second kappa shape index (κ2) is 7.26. The Bertz CT molecular complexity index is 652. The van der Waals surface area contributed by atoms with Crippen molar-refractivity contribution in [1.82, 2.24) is 15.1 Å². The van der Waals surface area contributed by atoms with E-state index >= 15 is 0 Å². The Balaban J connectivity index is 1.74. The number of carboxylic acids is 1. The van der Waals surface area contributed by atoms with Crippen LogP contribution in [-0.4, -0.2) is 33.5 Å². The molecule has 0 spiro atoms. The molecule has 2 N–H and O–H groups in total. The van der Waals surface area contributed by atoms with Gasteiger partial charge in [-0.05, 0) is 18.6 Å².